The zero-order chi connectivity index (χ0) is 18.9. The molecule has 2 rings (SSSR count). The first-order valence-corrected chi connectivity index (χ1v) is 7.74. The van der Waals surface area contributed by atoms with Crippen LogP contribution in [0.1, 0.15) is 12.5 Å². The number of anilines is 1. The molecule has 1 amide bonds. The molecule has 0 saturated heterocycles. The van der Waals surface area contributed by atoms with Crippen molar-refractivity contribution < 1.29 is 23.0 Å². The molecular weight excluding hydrogens is 344 g/mol. The smallest absolute Gasteiger partial charge is 0.387 e. The molecule has 0 fully saturated rings. The Bertz CT molecular complexity index is 765. The van der Waals surface area contributed by atoms with Crippen LogP contribution in [0.2, 0.25) is 0 Å². The molecular formula is C18H19F2N3O3. The number of amides is 1. The minimum atomic E-state index is -2.87. The van der Waals surface area contributed by atoms with E-state index in [0.717, 1.165) is 5.69 Å². The van der Waals surface area contributed by atoms with Gasteiger partial charge in [0.1, 0.15) is 11.5 Å². The van der Waals surface area contributed by atoms with Crippen LogP contribution >= 0.6 is 0 Å². The van der Waals surface area contributed by atoms with Crippen LogP contribution < -0.4 is 20.2 Å². The molecule has 0 aliphatic rings. The van der Waals surface area contributed by atoms with E-state index < -0.39 is 6.61 Å². The molecule has 2 aromatic carbocycles. The normalized spacial score (nSPS) is 11.2. The number of ether oxygens (including phenoxy) is 2. The summed E-state index contributed by atoms with van der Waals surface area (Å²) in [7, 11) is 1.56. The van der Waals surface area contributed by atoms with Gasteiger partial charge in [-0.2, -0.15) is 13.9 Å². The van der Waals surface area contributed by atoms with E-state index in [2.05, 4.69) is 20.6 Å². The van der Waals surface area contributed by atoms with Crippen LogP contribution in [0.25, 0.3) is 0 Å². The Balaban J connectivity index is 1.86. The second-order valence-electron chi connectivity index (χ2n) is 5.22. The molecule has 0 radical (unpaired) electrons. The van der Waals surface area contributed by atoms with Crippen molar-refractivity contribution in [3.8, 4) is 11.5 Å². The van der Waals surface area contributed by atoms with E-state index in [4.69, 9.17) is 4.74 Å². The predicted octanol–water partition coefficient (Wildman–Crippen LogP) is 3.25. The van der Waals surface area contributed by atoms with Crippen LogP contribution in [0, 0.1) is 0 Å². The van der Waals surface area contributed by atoms with Gasteiger partial charge in [-0.25, -0.2) is 5.43 Å². The fourth-order valence-electron chi connectivity index (χ4n) is 2.04. The van der Waals surface area contributed by atoms with Crippen LogP contribution in [-0.2, 0) is 4.79 Å². The van der Waals surface area contributed by atoms with Gasteiger partial charge in [-0.1, -0.05) is 6.07 Å². The topological polar surface area (TPSA) is 72.0 Å². The minimum Gasteiger partial charge on any atom is -0.497 e. The van der Waals surface area contributed by atoms with E-state index in [9.17, 15) is 13.6 Å². The quantitative estimate of drug-likeness (QED) is 0.558. The highest BCUT2D eigenvalue weighted by molar-refractivity contribution is 5.99. The van der Waals surface area contributed by atoms with Crippen molar-refractivity contribution in [2.45, 2.75) is 13.5 Å². The van der Waals surface area contributed by atoms with Gasteiger partial charge < -0.3 is 14.8 Å². The van der Waals surface area contributed by atoms with Crippen molar-refractivity contribution in [3.63, 3.8) is 0 Å². The molecule has 0 heterocycles. The first-order valence-electron chi connectivity index (χ1n) is 7.74. The maximum Gasteiger partial charge on any atom is 0.387 e. The van der Waals surface area contributed by atoms with Crippen molar-refractivity contribution in [2.24, 2.45) is 5.10 Å². The van der Waals surface area contributed by atoms with Gasteiger partial charge in [0, 0.05) is 11.8 Å². The average Bonchev–Trinajstić information content (AvgIpc) is 2.64. The Kier molecular flexibility index (Phi) is 6.90. The first-order chi connectivity index (χ1) is 12.5. The Morgan fingerprint density at radius 2 is 1.88 bits per heavy atom. The van der Waals surface area contributed by atoms with Crippen molar-refractivity contribution in [3.05, 3.63) is 54.1 Å². The lowest BCUT2D eigenvalue weighted by Gasteiger charge is -2.08. The van der Waals surface area contributed by atoms with Crippen LogP contribution in [-0.4, -0.2) is 31.9 Å². The van der Waals surface area contributed by atoms with Crippen LogP contribution in [0.15, 0.2) is 53.6 Å². The van der Waals surface area contributed by atoms with Crippen molar-refractivity contribution in [2.75, 3.05) is 19.0 Å². The molecule has 138 valence electrons. The summed E-state index contributed by atoms with van der Waals surface area (Å²) in [6.07, 6.45) is 0. The number of nitrogens with one attached hydrogen (secondary N) is 2. The Morgan fingerprint density at radius 3 is 2.54 bits per heavy atom. The van der Waals surface area contributed by atoms with Gasteiger partial charge in [0.15, 0.2) is 0 Å². The van der Waals surface area contributed by atoms with Gasteiger partial charge in [-0.15, -0.1) is 0 Å². The number of hydrazone groups is 1. The zero-order valence-electron chi connectivity index (χ0n) is 14.3. The Morgan fingerprint density at radius 1 is 1.15 bits per heavy atom. The number of carbonyl (C=O) groups excluding carboxylic acids is 1. The molecule has 0 aliphatic heterocycles. The van der Waals surface area contributed by atoms with Gasteiger partial charge in [0.2, 0.25) is 0 Å². The first kappa shape index (κ1) is 19.2. The summed E-state index contributed by atoms with van der Waals surface area (Å²) in [4.78, 5) is 11.9. The number of alkyl halides is 2. The summed E-state index contributed by atoms with van der Waals surface area (Å²) in [5.41, 5.74) is 4.38. The van der Waals surface area contributed by atoms with E-state index in [0.29, 0.717) is 17.0 Å². The SMILES string of the molecule is COc1cccc(NCC(=O)N/N=C(/C)c2ccc(OC(F)F)cc2)c1. The number of nitrogens with zero attached hydrogens (tertiary/aromatic N) is 1. The molecule has 0 atom stereocenters. The second kappa shape index (κ2) is 9.36. The van der Waals surface area contributed by atoms with Gasteiger partial charge in [-0.05, 0) is 48.9 Å². The van der Waals surface area contributed by atoms with E-state index in [1.165, 1.54) is 12.1 Å². The number of methoxy groups -OCH3 is 1. The van der Waals surface area contributed by atoms with Crippen LogP contribution in [0.3, 0.4) is 0 Å². The molecule has 8 heteroatoms. The average molecular weight is 363 g/mol. The lowest BCUT2D eigenvalue weighted by atomic mass is 10.1. The summed E-state index contributed by atoms with van der Waals surface area (Å²) in [5.74, 6) is 0.413. The number of hydrogen-bond acceptors (Lipinski definition) is 5. The Labute approximate surface area is 149 Å². The van der Waals surface area contributed by atoms with Gasteiger partial charge in [-0.3, -0.25) is 4.79 Å². The third-order valence-electron chi connectivity index (χ3n) is 3.37. The summed E-state index contributed by atoms with van der Waals surface area (Å²) in [6, 6.07) is 13.2. The number of benzene rings is 2. The van der Waals surface area contributed by atoms with Gasteiger partial charge >= 0.3 is 6.61 Å². The van der Waals surface area contributed by atoms with Gasteiger partial charge in [0.25, 0.3) is 5.91 Å². The molecule has 0 bridgehead atoms. The monoisotopic (exact) mass is 363 g/mol. The maximum absolute atomic E-state index is 12.1. The van der Waals surface area contributed by atoms with E-state index >= 15 is 0 Å². The summed E-state index contributed by atoms with van der Waals surface area (Å²) in [5, 5.41) is 6.95. The van der Waals surface area contributed by atoms with E-state index in [1.54, 1.807) is 38.3 Å². The van der Waals surface area contributed by atoms with Crippen molar-refractivity contribution in [1.82, 2.24) is 5.43 Å². The molecule has 2 N–H and O–H groups in total. The fraction of sp³-hybridized carbons (Fsp3) is 0.222. The fourth-order valence-corrected chi connectivity index (χ4v) is 2.04. The highest BCUT2D eigenvalue weighted by atomic mass is 19.3. The van der Waals surface area contributed by atoms with Crippen molar-refractivity contribution in [1.29, 1.82) is 0 Å². The van der Waals surface area contributed by atoms with Gasteiger partial charge in [0.05, 0.1) is 19.4 Å². The second-order valence-corrected chi connectivity index (χ2v) is 5.22. The molecule has 2 aromatic rings. The van der Waals surface area contributed by atoms with Crippen LogP contribution in [0.4, 0.5) is 14.5 Å². The Hall–Kier alpha value is -3.16. The van der Waals surface area contributed by atoms with E-state index in [1.807, 2.05) is 12.1 Å². The van der Waals surface area contributed by atoms with Crippen LogP contribution in [0.5, 0.6) is 11.5 Å². The molecule has 26 heavy (non-hydrogen) atoms. The van der Waals surface area contributed by atoms with E-state index in [-0.39, 0.29) is 18.2 Å². The summed E-state index contributed by atoms with van der Waals surface area (Å²) in [6.45, 7) is -1.14. The third kappa shape index (κ3) is 6.04. The summed E-state index contributed by atoms with van der Waals surface area (Å²) >= 11 is 0. The number of rotatable bonds is 8. The standard InChI is InChI=1S/C18H19F2N3O3/c1-12(13-6-8-15(9-7-13)26-18(19)20)22-23-17(24)11-21-14-4-3-5-16(10-14)25-2/h3-10,18,21H,11H2,1-2H3,(H,23,24)/b22-12-. The lowest BCUT2D eigenvalue weighted by Crippen LogP contribution is -2.26. The predicted molar refractivity (Wildman–Crippen MR) is 94.9 cm³/mol. The molecule has 0 aliphatic carbocycles. The summed E-state index contributed by atoms with van der Waals surface area (Å²) < 4.78 is 33.6. The number of hydrogen-bond donors (Lipinski definition) is 2. The molecule has 0 aromatic heterocycles. The number of halogens is 2. The largest absolute Gasteiger partial charge is 0.497 e. The molecule has 6 nitrogen and oxygen atoms in total. The molecule has 0 spiro atoms. The highest BCUT2D eigenvalue weighted by Gasteiger charge is 2.05. The minimum absolute atomic E-state index is 0.0329. The maximum atomic E-state index is 12.1. The van der Waals surface area contributed by atoms with Crippen molar-refractivity contribution >= 4 is 17.3 Å². The molecule has 0 unspecified atom stereocenters. The lowest BCUT2D eigenvalue weighted by molar-refractivity contribution is -0.119. The third-order valence-corrected chi connectivity index (χ3v) is 3.37. The zero-order valence-corrected chi connectivity index (χ0v) is 14.3. The molecule has 0 saturated carbocycles. The number of carbonyl (C=O) groups is 1. The highest BCUT2D eigenvalue weighted by Crippen LogP contribution is 2.16.